The number of amides is 2. The van der Waals surface area contributed by atoms with Gasteiger partial charge in [-0.2, -0.15) is 5.26 Å². The largest absolute Gasteiger partial charge is 0.494 e. The van der Waals surface area contributed by atoms with Crippen LogP contribution < -0.4 is 9.64 Å². The number of rotatable bonds is 5. The standard InChI is InChI=1S/C23H23N3O3S/c1-3-29-18-7-5-17(6-8-18)26-21(27)12-20(23(26)28)30-22-16(13-24)11-15-10-14(2)4-9-19(15)25-22/h5-8,11,14,20H,3-4,9-10,12H2,1-2H3/t14-,20-/m0/s1. The SMILES string of the molecule is CCOc1ccc(N2C(=O)C[C@H](Sc3nc4c(cc3C#N)C[C@@H](C)CC4)C2=O)cc1. The van der Waals surface area contributed by atoms with Crippen molar-refractivity contribution in [3.63, 3.8) is 0 Å². The summed E-state index contributed by atoms with van der Waals surface area (Å²) in [7, 11) is 0. The predicted molar refractivity (Wildman–Crippen MR) is 115 cm³/mol. The number of hydrogen-bond donors (Lipinski definition) is 0. The number of imide groups is 1. The highest BCUT2D eigenvalue weighted by molar-refractivity contribution is 8.00. The zero-order chi connectivity index (χ0) is 21.3. The molecule has 1 aromatic carbocycles. The molecule has 2 heterocycles. The molecule has 1 aliphatic heterocycles. The van der Waals surface area contributed by atoms with Gasteiger partial charge in [-0.3, -0.25) is 9.59 Å². The molecule has 1 saturated heterocycles. The molecule has 6 nitrogen and oxygen atoms in total. The summed E-state index contributed by atoms with van der Waals surface area (Å²) in [6, 6.07) is 11.1. The normalized spacial score (nSPS) is 20.8. The molecule has 2 aromatic rings. The molecule has 0 unspecified atom stereocenters. The third-order valence-corrected chi connectivity index (χ3v) is 6.67. The van der Waals surface area contributed by atoms with Gasteiger partial charge in [0.15, 0.2) is 0 Å². The van der Waals surface area contributed by atoms with Crippen LogP contribution in [0.4, 0.5) is 5.69 Å². The molecule has 0 saturated carbocycles. The van der Waals surface area contributed by atoms with E-state index in [4.69, 9.17) is 9.72 Å². The van der Waals surface area contributed by atoms with Crippen LogP contribution in [-0.2, 0) is 22.4 Å². The van der Waals surface area contributed by atoms with Crippen LogP contribution in [0.2, 0.25) is 0 Å². The predicted octanol–water partition coefficient (Wildman–Crippen LogP) is 3.90. The number of benzene rings is 1. The van der Waals surface area contributed by atoms with Crippen molar-refractivity contribution in [2.75, 3.05) is 11.5 Å². The molecule has 0 N–H and O–H groups in total. The van der Waals surface area contributed by atoms with Crippen LogP contribution in [0.15, 0.2) is 35.4 Å². The average molecular weight is 422 g/mol. The van der Waals surface area contributed by atoms with Gasteiger partial charge in [-0.25, -0.2) is 9.88 Å². The lowest BCUT2D eigenvalue weighted by Gasteiger charge is -2.22. The first-order valence-corrected chi connectivity index (χ1v) is 11.1. The summed E-state index contributed by atoms with van der Waals surface area (Å²) in [6.45, 7) is 4.65. The molecule has 1 fully saturated rings. The van der Waals surface area contributed by atoms with Crippen molar-refractivity contribution < 1.29 is 14.3 Å². The first kappa shape index (κ1) is 20.4. The van der Waals surface area contributed by atoms with Crippen molar-refractivity contribution in [2.24, 2.45) is 5.92 Å². The number of carbonyl (C=O) groups is 2. The summed E-state index contributed by atoms with van der Waals surface area (Å²) >= 11 is 1.23. The van der Waals surface area contributed by atoms with Crippen LogP contribution in [0.1, 0.15) is 43.5 Å². The molecule has 7 heteroatoms. The van der Waals surface area contributed by atoms with Gasteiger partial charge >= 0.3 is 0 Å². The topological polar surface area (TPSA) is 83.3 Å². The van der Waals surface area contributed by atoms with E-state index in [1.54, 1.807) is 24.3 Å². The number of carbonyl (C=O) groups excluding carboxylic acids is 2. The molecule has 1 aliphatic carbocycles. The van der Waals surface area contributed by atoms with E-state index in [2.05, 4.69) is 13.0 Å². The van der Waals surface area contributed by atoms with E-state index >= 15 is 0 Å². The maximum absolute atomic E-state index is 13.0. The molecular formula is C23H23N3O3S. The van der Waals surface area contributed by atoms with E-state index in [0.29, 0.717) is 34.6 Å². The van der Waals surface area contributed by atoms with Crippen molar-refractivity contribution in [1.82, 2.24) is 4.98 Å². The van der Waals surface area contributed by atoms with Crippen molar-refractivity contribution >= 4 is 29.3 Å². The smallest absolute Gasteiger partial charge is 0.247 e. The number of hydrogen-bond acceptors (Lipinski definition) is 6. The quantitative estimate of drug-likeness (QED) is 0.681. The molecule has 0 spiro atoms. The second-order valence-electron chi connectivity index (χ2n) is 7.71. The number of aryl methyl sites for hydroxylation is 1. The Bertz CT molecular complexity index is 1030. The molecule has 0 radical (unpaired) electrons. The van der Waals surface area contributed by atoms with Crippen molar-refractivity contribution in [1.29, 1.82) is 5.26 Å². The molecule has 2 atom stereocenters. The summed E-state index contributed by atoms with van der Waals surface area (Å²) in [6.07, 6.45) is 2.97. The van der Waals surface area contributed by atoms with E-state index in [-0.39, 0.29) is 18.2 Å². The highest BCUT2D eigenvalue weighted by Crippen LogP contribution is 2.36. The van der Waals surface area contributed by atoms with Gasteiger partial charge in [0, 0.05) is 12.1 Å². The second kappa shape index (κ2) is 8.49. The third-order valence-electron chi connectivity index (χ3n) is 5.48. The molecule has 154 valence electrons. The third kappa shape index (κ3) is 3.92. The number of aromatic nitrogens is 1. The fourth-order valence-electron chi connectivity index (χ4n) is 3.96. The molecular weight excluding hydrogens is 398 g/mol. The molecule has 4 rings (SSSR count). The molecule has 1 aromatic heterocycles. The molecule has 0 bridgehead atoms. The number of nitriles is 1. The van der Waals surface area contributed by atoms with Crippen LogP contribution in [0.5, 0.6) is 5.75 Å². The highest BCUT2D eigenvalue weighted by atomic mass is 32.2. The summed E-state index contributed by atoms with van der Waals surface area (Å²) in [5.41, 5.74) is 3.14. The number of ether oxygens (including phenoxy) is 1. The number of pyridine rings is 1. The fraction of sp³-hybridized carbons (Fsp3) is 0.391. The van der Waals surface area contributed by atoms with Gasteiger partial charge < -0.3 is 4.74 Å². The fourth-order valence-corrected chi connectivity index (χ4v) is 5.05. The number of nitrogens with zero attached hydrogens (tertiary/aromatic N) is 3. The van der Waals surface area contributed by atoms with Crippen molar-refractivity contribution in [3.05, 3.63) is 47.2 Å². The van der Waals surface area contributed by atoms with Crippen molar-refractivity contribution in [3.8, 4) is 11.8 Å². The van der Waals surface area contributed by atoms with Gasteiger partial charge in [0.25, 0.3) is 0 Å². The zero-order valence-electron chi connectivity index (χ0n) is 17.1. The average Bonchev–Trinajstić information content (AvgIpc) is 3.01. The Kier molecular flexibility index (Phi) is 5.78. The lowest BCUT2D eigenvalue weighted by atomic mass is 9.87. The van der Waals surface area contributed by atoms with Gasteiger partial charge in [0.2, 0.25) is 11.8 Å². The Morgan fingerprint density at radius 2 is 2.03 bits per heavy atom. The van der Waals surface area contributed by atoms with Crippen LogP contribution >= 0.6 is 11.8 Å². The maximum atomic E-state index is 13.0. The van der Waals surface area contributed by atoms with Gasteiger partial charge in [0.1, 0.15) is 16.8 Å². The molecule has 2 aliphatic rings. The minimum atomic E-state index is -0.579. The van der Waals surface area contributed by atoms with Gasteiger partial charge in [-0.1, -0.05) is 18.7 Å². The van der Waals surface area contributed by atoms with E-state index in [1.807, 2.05) is 13.0 Å². The maximum Gasteiger partial charge on any atom is 0.247 e. The first-order chi connectivity index (χ1) is 14.5. The van der Waals surface area contributed by atoms with E-state index in [0.717, 1.165) is 30.5 Å². The first-order valence-electron chi connectivity index (χ1n) is 10.2. The Hall–Kier alpha value is -2.85. The lowest BCUT2D eigenvalue weighted by molar-refractivity contribution is -0.121. The minimum absolute atomic E-state index is 0.0946. The van der Waals surface area contributed by atoms with Gasteiger partial charge in [-0.05, 0) is 68.0 Å². The number of thioether (sulfide) groups is 1. The Labute approximate surface area is 180 Å². The summed E-state index contributed by atoms with van der Waals surface area (Å²) in [5, 5.41) is 9.57. The Morgan fingerprint density at radius 3 is 2.73 bits per heavy atom. The summed E-state index contributed by atoms with van der Waals surface area (Å²) in [5.74, 6) is 0.761. The monoisotopic (exact) mass is 421 g/mol. The molecule has 30 heavy (non-hydrogen) atoms. The van der Waals surface area contributed by atoms with E-state index in [1.165, 1.54) is 16.7 Å². The van der Waals surface area contributed by atoms with Gasteiger partial charge in [0.05, 0.1) is 23.1 Å². The van der Waals surface area contributed by atoms with Crippen LogP contribution in [-0.4, -0.2) is 28.7 Å². The minimum Gasteiger partial charge on any atom is -0.494 e. The summed E-state index contributed by atoms with van der Waals surface area (Å²) in [4.78, 5) is 31.5. The van der Waals surface area contributed by atoms with E-state index < -0.39 is 5.25 Å². The van der Waals surface area contributed by atoms with E-state index in [9.17, 15) is 14.9 Å². The van der Waals surface area contributed by atoms with Crippen LogP contribution in [0.3, 0.4) is 0 Å². The summed E-state index contributed by atoms with van der Waals surface area (Å²) < 4.78 is 5.42. The highest BCUT2D eigenvalue weighted by Gasteiger charge is 2.41. The van der Waals surface area contributed by atoms with Crippen LogP contribution in [0.25, 0.3) is 0 Å². The number of fused-ring (bicyclic) bond motifs is 1. The lowest BCUT2D eigenvalue weighted by Crippen LogP contribution is -2.31. The second-order valence-corrected chi connectivity index (χ2v) is 8.90. The Balaban J connectivity index is 1.55. The Morgan fingerprint density at radius 1 is 1.27 bits per heavy atom. The number of anilines is 1. The zero-order valence-corrected chi connectivity index (χ0v) is 17.9. The molecule has 2 amide bonds. The van der Waals surface area contributed by atoms with Crippen molar-refractivity contribution in [2.45, 2.75) is 49.8 Å². The van der Waals surface area contributed by atoms with Gasteiger partial charge in [-0.15, -0.1) is 0 Å². The van der Waals surface area contributed by atoms with Crippen LogP contribution in [0, 0.1) is 17.2 Å².